The number of amidine groups is 1. The Labute approximate surface area is 243 Å². The maximum absolute atomic E-state index is 15.0. The first kappa shape index (κ1) is 31.1. The molecule has 1 unspecified atom stereocenters. The van der Waals surface area contributed by atoms with Crippen LogP contribution in [0, 0.1) is 17.0 Å². The molecule has 2 aromatic carbocycles. The Balaban J connectivity index is 1.87. The molecule has 0 radical (unpaired) electrons. The highest BCUT2D eigenvalue weighted by Gasteiger charge is 2.41. The molecular weight excluding hydrogens is 591 g/mol. The molecule has 2 aliphatic heterocycles. The number of rotatable bonds is 7. The van der Waals surface area contributed by atoms with Crippen molar-refractivity contribution >= 4 is 40.8 Å². The summed E-state index contributed by atoms with van der Waals surface area (Å²) in [5.41, 5.74) is -2.05. The van der Waals surface area contributed by atoms with E-state index in [-0.39, 0.29) is 72.7 Å². The minimum Gasteiger partial charge on any atom is -0.378 e. The summed E-state index contributed by atoms with van der Waals surface area (Å²) in [5, 5.41) is 11.7. The van der Waals surface area contributed by atoms with Crippen LogP contribution >= 0.6 is 23.4 Å². The third-order valence-electron chi connectivity index (χ3n) is 6.82. The molecule has 0 saturated carbocycles. The van der Waals surface area contributed by atoms with Crippen molar-refractivity contribution in [3.05, 3.63) is 58.6 Å². The van der Waals surface area contributed by atoms with Crippen molar-refractivity contribution in [1.82, 2.24) is 9.80 Å². The average molecular weight is 619 g/mol. The lowest BCUT2D eigenvalue weighted by Gasteiger charge is -2.42. The summed E-state index contributed by atoms with van der Waals surface area (Å²) < 4.78 is 83.2. The summed E-state index contributed by atoms with van der Waals surface area (Å²) >= 11 is 6.92. The van der Waals surface area contributed by atoms with Crippen molar-refractivity contribution in [3.8, 4) is 11.1 Å². The first-order valence-corrected chi connectivity index (χ1v) is 13.9. The summed E-state index contributed by atoms with van der Waals surface area (Å²) in [6, 6.07) is 1.34. The number of nitrogens with zero attached hydrogens (tertiary/aromatic N) is 2. The van der Waals surface area contributed by atoms with Crippen LogP contribution in [0.5, 0.6) is 0 Å². The molecule has 0 aromatic heterocycles. The van der Waals surface area contributed by atoms with Gasteiger partial charge < -0.3 is 24.6 Å². The van der Waals surface area contributed by atoms with Gasteiger partial charge in [-0.3, -0.25) is 10.2 Å². The van der Waals surface area contributed by atoms with Gasteiger partial charge in [-0.25, -0.2) is 8.78 Å². The molecule has 14 heteroatoms. The normalized spacial score (nSPS) is 19.0. The summed E-state index contributed by atoms with van der Waals surface area (Å²) in [6.45, 7) is 6.10. The number of nitrogens with one attached hydrogen (secondary N) is 2. The summed E-state index contributed by atoms with van der Waals surface area (Å²) in [6.07, 6.45) is -3.77. The number of halogens is 6. The Bertz CT molecular complexity index is 1360. The van der Waals surface area contributed by atoms with E-state index in [0.29, 0.717) is 6.07 Å². The number of hydrogen-bond acceptors (Lipinski definition) is 6. The average Bonchev–Trinajstić information content (AvgIpc) is 2.93. The predicted octanol–water partition coefficient (Wildman–Crippen LogP) is 5.85. The number of hydrogen-bond donors (Lipinski definition) is 2. The number of ether oxygens (including phenoxy) is 2. The first-order valence-electron chi connectivity index (χ1n) is 12.5. The van der Waals surface area contributed by atoms with Crippen LogP contribution in [0.15, 0.2) is 35.7 Å². The van der Waals surface area contributed by atoms with Gasteiger partial charge in [-0.2, -0.15) is 13.2 Å². The van der Waals surface area contributed by atoms with Gasteiger partial charge in [0.1, 0.15) is 24.3 Å². The smallest absolute Gasteiger partial charge is 0.378 e. The predicted molar refractivity (Wildman–Crippen MR) is 148 cm³/mol. The van der Waals surface area contributed by atoms with Crippen molar-refractivity contribution in [2.75, 3.05) is 51.2 Å². The minimum atomic E-state index is -4.95. The topological polar surface area (TPSA) is 77.9 Å². The third kappa shape index (κ3) is 6.47. The number of methoxy groups -OCH3 is 1. The molecule has 0 spiro atoms. The fraction of sp³-hybridized carbons (Fsp3) is 0.407. The monoisotopic (exact) mass is 618 g/mol. The highest BCUT2D eigenvalue weighted by Crippen LogP contribution is 2.50. The van der Waals surface area contributed by atoms with Crippen molar-refractivity contribution in [2.24, 2.45) is 0 Å². The van der Waals surface area contributed by atoms with Crippen LogP contribution < -0.4 is 5.32 Å². The molecule has 4 rings (SSSR count). The molecule has 1 amide bonds. The van der Waals surface area contributed by atoms with Gasteiger partial charge in [-0.05, 0) is 25.1 Å². The van der Waals surface area contributed by atoms with Crippen molar-refractivity contribution < 1.29 is 36.2 Å². The molecule has 41 heavy (non-hydrogen) atoms. The fourth-order valence-electron chi connectivity index (χ4n) is 4.90. The van der Waals surface area contributed by atoms with E-state index >= 15 is 4.39 Å². The summed E-state index contributed by atoms with van der Waals surface area (Å²) in [7, 11) is 1.45. The molecule has 7 nitrogen and oxygen atoms in total. The zero-order valence-electron chi connectivity index (χ0n) is 22.2. The van der Waals surface area contributed by atoms with E-state index in [1.54, 1.807) is 16.7 Å². The lowest BCUT2D eigenvalue weighted by atomic mass is 9.93. The molecular formula is C27H28ClF5N4O3S. The van der Waals surface area contributed by atoms with Crippen molar-refractivity contribution in [1.29, 1.82) is 5.41 Å². The van der Waals surface area contributed by atoms with Crippen LogP contribution in [-0.4, -0.2) is 79.5 Å². The van der Waals surface area contributed by atoms with Gasteiger partial charge in [-0.15, -0.1) is 11.8 Å². The number of carbonyl (C=O) groups is 1. The molecule has 222 valence electrons. The molecule has 0 bridgehead atoms. The van der Waals surface area contributed by atoms with Gasteiger partial charge >= 0.3 is 6.18 Å². The van der Waals surface area contributed by atoms with Gasteiger partial charge in [-0.1, -0.05) is 18.2 Å². The SMILES string of the molecule is C=CC(=O)N1CCN(C(=N)c2cc(C(F)(F)F)c(-c3cc(Cl)c(F)cc3F)c3c2NC(COCOC)CS3)[C@@H](C)C1. The molecule has 2 atom stereocenters. The first-order chi connectivity index (χ1) is 19.4. The van der Waals surface area contributed by atoms with Crippen LogP contribution in [0.4, 0.5) is 27.6 Å². The van der Waals surface area contributed by atoms with Gasteiger partial charge in [0.25, 0.3) is 0 Å². The zero-order valence-corrected chi connectivity index (χ0v) is 23.8. The molecule has 0 aliphatic carbocycles. The number of amides is 1. The lowest BCUT2D eigenvalue weighted by molar-refractivity contribution is -0.137. The van der Waals surface area contributed by atoms with Crippen molar-refractivity contribution in [3.63, 3.8) is 0 Å². The van der Waals surface area contributed by atoms with Crippen LogP contribution in [0.1, 0.15) is 18.1 Å². The number of thioether (sulfide) groups is 1. The third-order valence-corrected chi connectivity index (χ3v) is 8.38. The second-order valence-corrected chi connectivity index (χ2v) is 11.0. The number of alkyl halides is 3. The van der Waals surface area contributed by atoms with E-state index < -0.39 is 45.6 Å². The second-order valence-electron chi connectivity index (χ2n) is 9.60. The standard InChI is InChI=1S/C27H28ClF5N4O3S/c1-4-22(38)36-5-6-37(14(2)10-36)26(34)17-7-18(27(31,32)33)23(16-8-19(28)21(30)9-20(16)29)25-24(17)35-15(12-41-25)11-40-13-39-3/h4,7-9,14-15,34-35H,1,5-6,10-13H2,2-3H3/t14-,15?/m0/s1. The molecule has 1 fully saturated rings. The molecule has 2 heterocycles. The van der Waals surface area contributed by atoms with Gasteiger partial charge in [0, 0.05) is 66.2 Å². The van der Waals surface area contributed by atoms with E-state index in [1.165, 1.54) is 13.2 Å². The largest absolute Gasteiger partial charge is 0.417 e. The minimum absolute atomic E-state index is 0.00114. The van der Waals surface area contributed by atoms with Crippen LogP contribution in [0.3, 0.4) is 0 Å². The van der Waals surface area contributed by atoms with Crippen LogP contribution in [0.2, 0.25) is 5.02 Å². The summed E-state index contributed by atoms with van der Waals surface area (Å²) in [5.74, 6) is -2.52. The van der Waals surface area contributed by atoms with E-state index in [2.05, 4.69) is 11.9 Å². The Kier molecular flexibility index (Phi) is 9.52. The highest BCUT2D eigenvalue weighted by atomic mass is 35.5. The number of piperazine rings is 1. The summed E-state index contributed by atoms with van der Waals surface area (Å²) in [4.78, 5) is 15.3. The van der Waals surface area contributed by atoms with Gasteiger partial charge in [0.2, 0.25) is 5.91 Å². The molecule has 1 saturated heterocycles. The number of anilines is 1. The molecule has 2 aromatic rings. The molecule has 2 aliphatic rings. The Morgan fingerprint density at radius 1 is 1.27 bits per heavy atom. The maximum Gasteiger partial charge on any atom is 0.417 e. The quantitative estimate of drug-likeness (QED) is 0.0771. The van der Waals surface area contributed by atoms with E-state index in [9.17, 15) is 22.4 Å². The maximum atomic E-state index is 15.0. The fourth-order valence-corrected chi connectivity index (χ4v) is 6.29. The Hall–Kier alpha value is -2.87. The molecule has 2 N–H and O–H groups in total. The number of benzene rings is 2. The number of carbonyl (C=O) groups excluding carboxylic acids is 1. The van der Waals surface area contributed by atoms with Gasteiger partial charge in [0.15, 0.2) is 0 Å². The van der Waals surface area contributed by atoms with Gasteiger partial charge in [0.05, 0.1) is 28.9 Å². The van der Waals surface area contributed by atoms with Crippen LogP contribution in [0.25, 0.3) is 11.1 Å². The van der Waals surface area contributed by atoms with E-state index in [0.717, 1.165) is 23.9 Å². The zero-order chi connectivity index (χ0) is 30.1. The van der Waals surface area contributed by atoms with E-state index in [1.807, 2.05) is 0 Å². The Morgan fingerprint density at radius 3 is 2.63 bits per heavy atom. The lowest BCUT2D eigenvalue weighted by Crippen LogP contribution is -2.55. The highest BCUT2D eigenvalue weighted by molar-refractivity contribution is 7.99. The number of fused-ring (bicyclic) bond motifs is 1. The van der Waals surface area contributed by atoms with Crippen molar-refractivity contribution in [2.45, 2.75) is 30.1 Å². The van der Waals surface area contributed by atoms with E-state index in [4.69, 9.17) is 26.5 Å². The second kappa shape index (κ2) is 12.6. The Morgan fingerprint density at radius 2 is 2.00 bits per heavy atom. The van der Waals surface area contributed by atoms with Crippen LogP contribution in [-0.2, 0) is 20.4 Å².